The van der Waals surface area contributed by atoms with Crippen molar-refractivity contribution in [1.82, 2.24) is 4.90 Å². The maximum absolute atomic E-state index is 12.2. The number of carboxylic acid groups (broad SMARTS) is 1. The van der Waals surface area contributed by atoms with Gasteiger partial charge in [0.05, 0.1) is 25.0 Å². The zero-order valence-corrected chi connectivity index (χ0v) is 10.7. The number of ether oxygens (including phenoxy) is 1. The summed E-state index contributed by atoms with van der Waals surface area (Å²) in [7, 11) is 0. The molecule has 1 rings (SSSR count). The summed E-state index contributed by atoms with van der Waals surface area (Å²) in [5.41, 5.74) is 0. The van der Waals surface area contributed by atoms with Crippen LogP contribution in [-0.4, -0.2) is 47.2 Å². The Morgan fingerprint density at radius 2 is 2.18 bits per heavy atom. The minimum absolute atomic E-state index is 0.0112. The first-order valence-corrected chi connectivity index (χ1v) is 6.09. The van der Waals surface area contributed by atoms with Crippen molar-refractivity contribution in [2.75, 3.05) is 13.2 Å². The van der Waals surface area contributed by atoms with E-state index in [0.29, 0.717) is 13.2 Å². The molecule has 5 heteroatoms. The van der Waals surface area contributed by atoms with Gasteiger partial charge in [-0.15, -0.1) is 0 Å². The summed E-state index contributed by atoms with van der Waals surface area (Å²) >= 11 is 0. The highest BCUT2D eigenvalue weighted by atomic mass is 16.5. The first-order valence-electron chi connectivity index (χ1n) is 6.09. The molecule has 98 valence electrons. The van der Waals surface area contributed by atoms with Gasteiger partial charge in [-0.05, 0) is 27.2 Å². The quantitative estimate of drug-likeness (QED) is 0.785. The molecule has 3 atom stereocenters. The Balaban J connectivity index is 2.60. The Kier molecular flexibility index (Phi) is 4.93. The fourth-order valence-electron chi connectivity index (χ4n) is 2.27. The molecule has 0 spiro atoms. The maximum Gasteiger partial charge on any atom is 0.305 e. The average molecular weight is 243 g/mol. The van der Waals surface area contributed by atoms with Crippen LogP contribution in [0.5, 0.6) is 0 Å². The van der Waals surface area contributed by atoms with E-state index in [4.69, 9.17) is 9.84 Å². The number of rotatable bonds is 5. The van der Waals surface area contributed by atoms with E-state index in [0.717, 1.165) is 6.42 Å². The van der Waals surface area contributed by atoms with Gasteiger partial charge >= 0.3 is 5.97 Å². The van der Waals surface area contributed by atoms with Gasteiger partial charge in [0.15, 0.2) is 0 Å². The van der Waals surface area contributed by atoms with E-state index < -0.39 is 5.97 Å². The summed E-state index contributed by atoms with van der Waals surface area (Å²) < 4.78 is 5.38. The Bertz CT molecular complexity index is 292. The van der Waals surface area contributed by atoms with E-state index in [1.54, 1.807) is 11.8 Å². The number of carboxylic acids is 1. The second-order valence-corrected chi connectivity index (χ2v) is 4.65. The van der Waals surface area contributed by atoms with Gasteiger partial charge in [-0.25, -0.2) is 0 Å². The maximum atomic E-state index is 12.2. The first-order chi connectivity index (χ1) is 7.95. The molecule has 1 N–H and O–H groups in total. The molecule has 0 radical (unpaired) electrons. The summed E-state index contributed by atoms with van der Waals surface area (Å²) in [6.45, 7) is 6.59. The third-order valence-electron chi connectivity index (χ3n) is 3.17. The molecule has 17 heavy (non-hydrogen) atoms. The van der Waals surface area contributed by atoms with Crippen molar-refractivity contribution in [3.63, 3.8) is 0 Å². The normalized spacial score (nSPS) is 25.6. The average Bonchev–Trinajstić information content (AvgIpc) is 2.64. The van der Waals surface area contributed by atoms with Gasteiger partial charge in [0.25, 0.3) is 0 Å². The molecule has 5 nitrogen and oxygen atoms in total. The van der Waals surface area contributed by atoms with E-state index in [-0.39, 0.29) is 30.4 Å². The van der Waals surface area contributed by atoms with E-state index in [1.165, 1.54) is 0 Å². The standard InChI is InChI=1S/C12H21NO4/c1-4-13(8(2)5-11(14)15)12(16)10-6-9(3)17-7-10/h8-10H,4-7H2,1-3H3,(H,14,15). The second-order valence-electron chi connectivity index (χ2n) is 4.65. The predicted molar refractivity (Wildman–Crippen MR) is 62.6 cm³/mol. The smallest absolute Gasteiger partial charge is 0.305 e. The van der Waals surface area contributed by atoms with E-state index >= 15 is 0 Å². The van der Waals surface area contributed by atoms with Gasteiger partial charge < -0.3 is 14.7 Å². The van der Waals surface area contributed by atoms with Crippen LogP contribution in [0.15, 0.2) is 0 Å². The molecule has 1 heterocycles. The largest absolute Gasteiger partial charge is 0.481 e. The molecule has 1 amide bonds. The van der Waals surface area contributed by atoms with Crippen molar-refractivity contribution in [3.8, 4) is 0 Å². The molecule has 0 aliphatic carbocycles. The van der Waals surface area contributed by atoms with Gasteiger partial charge in [0, 0.05) is 12.6 Å². The lowest BCUT2D eigenvalue weighted by Crippen LogP contribution is -2.43. The number of nitrogens with zero attached hydrogens (tertiary/aromatic N) is 1. The number of hydrogen-bond donors (Lipinski definition) is 1. The monoisotopic (exact) mass is 243 g/mol. The highest BCUT2D eigenvalue weighted by Crippen LogP contribution is 2.22. The highest BCUT2D eigenvalue weighted by Gasteiger charge is 2.33. The van der Waals surface area contributed by atoms with Gasteiger partial charge in [0.2, 0.25) is 5.91 Å². The Labute approximate surface area is 102 Å². The van der Waals surface area contributed by atoms with Gasteiger partial charge in [-0.1, -0.05) is 0 Å². The Morgan fingerprint density at radius 1 is 1.53 bits per heavy atom. The van der Waals surface area contributed by atoms with Crippen LogP contribution in [0, 0.1) is 5.92 Å². The molecule has 1 aliphatic rings. The van der Waals surface area contributed by atoms with Crippen molar-refractivity contribution in [2.45, 2.75) is 45.8 Å². The molecular weight excluding hydrogens is 222 g/mol. The minimum atomic E-state index is -0.875. The molecule has 0 saturated carbocycles. The summed E-state index contributed by atoms with van der Waals surface area (Å²) in [6.07, 6.45) is 0.843. The SMILES string of the molecule is CCN(C(=O)C1COC(C)C1)C(C)CC(=O)O. The van der Waals surface area contributed by atoms with Crippen LogP contribution in [0.3, 0.4) is 0 Å². The summed E-state index contributed by atoms with van der Waals surface area (Å²) in [4.78, 5) is 24.5. The van der Waals surface area contributed by atoms with Gasteiger partial charge in [0.1, 0.15) is 0 Å². The number of carbonyl (C=O) groups excluding carboxylic acids is 1. The van der Waals surface area contributed by atoms with E-state index in [1.807, 2.05) is 13.8 Å². The van der Waals surface area contributed by atoms with Crippen molar-refractivity contribution < 1.29 is 19.4 Å². The van der Waals surface area contributed by atoms with Crippen molar-refractivity contribution in [3.05, 3.63) is 0 Å². The van der Waals surface area contributed by atoms with Crippen LogP contribution in [0.25, 0.3) is 0 Å². The third-order valence-corrected chi connectivity index (χ3v) is 3.17. The fraction of sp³-hybridized carbons (Fsp3) is 0.833. The highest BCUT2D eigenvalue weighted by molar-refractivity contribution is 5.80. The van der Waals surface area contributed by atoms with Crippen LogP contribution in [0.1, 0.15) is 33.6 Å². The van der Waals surface area contributed by atoms with Crippen LogP contribution in [-0.2, 0) is 14.3 Å². The molecule has 0 aromatic carbocycles. The molecule has 1 aliphatic heterocycles. The summed E-state index contributed by atoms with van der Waals surface area (Å²) in [5, 5.41) is 8.75. The van der Waals surface area contributed by atoms with Crippen molar-refractivity contribution in [1.29, 1.82) is 0 Å². The van der Waals surface area contributed by atoms with Crippen molar-refractivity contribution >= 4 is 11.9 Å². The zero-order chi connectivity index (χ0) is 13.0. The molecule has 1 saturated heterocycles. The molecule has 3 unspecified atom stereocenters. The number of amides is 1. The van der Waals surface area contributed by atoms with Crippen LogP contribution >= 0.6 is 0 Å². The molecule has 0 bridgehead atoms. The first kappa shape index (κ1) is 14.0. The van der Waals surface area contributed by atoms with Crippen molar-refractivity contribution in [2.24, 2.45) is 5.92 Å². The van der Waals surface area contributed by atoms with Crippen LogP contribution in [0.2, 0.25) is 0 Å². The lowest BCUT2D eigenvalue weighted by molar-refractivity contribution is -0.142. The Morgan fingerprint density at radius 3 is 2.59 bits per heavy atom. The Hall–Kier alpha value is -1.10. The van der Waals surface area contributed by atoms with Crippen LogP contribution in [0.4, 0.5) is 0 Å². The summed E-state index contributed by atoms with van der Waals surface area (Å²) in [5.74, 6) is -0.966. The van der Waals surface area contributed by atoms with Gasteiger partial charge in [-0.2, -0.15) is 0 Å². The van der Waals surface area contributed by atoms with Gasteiger partial charge in [-0.3, -0.25) is 9.59 Å². The predicted octanol–water partition coefficient (Wildman–Crippen LogP) is 1.12. The van der Waals surface area contributed by atoms with E-state index in [2.05, 4.69) is 0 Å². The fourth-order valence-corrected chi connectivity index (χ4v) is 2.27. The number of aliphatic carboxylic acids is 1. The third kappa shape index (κ3) is 3.70. The number of hydrogen-bond acceptors (Lipinski definition) is 3. The van der Waals surface area contributed by atoms with E-state index in [9.17, 15) is 9.59 Å². The molecule has 1 fully saturated rings. The lowest BCUT2D eigenvalue weighted by atomic mass is 10.0. The molecule has 0 aromatic heterocycles. The number of carbonyl (C=O) groups is 2. The topological polar surface area (TPSA) is 66.8 Å². The molecule has 0 aromatic rings. The lowest BCUT2D eigenvalue weighted by Gasteiger charge is -2.29. The molecular formula is C12H21NO4. The second kappa shape index (κ2) is 6.00. The summed E-state index contributed by atoms with van der Waals surface area (Å²) in [6, 6.07) is -0.263. The zero-order valence-electron chi connectivity index (χ0n) is 10.7. The minimum Gasteiger partial charge on any atom is -0.481 e. The van der Waals surface area contributed by atoms with Crippen LogP contribution < -0.4 is 0 Å².